The highest BCUT2D eigenvalue weighted by Gasteiger charge is 2.47. The van der Waals surface area contributed by atoms with Crippen molar-refractivity contribution in [3.8, 4) is 0 Å². The zero-order chi connectivity index (χ0) is 7.90. The van der Waals surface area contributed by atoms with E-state index < -0.39 is 6.17 Å². The van der Waals surface area contributed by atoms with Crippen LogP contribution in [0.25, 0.3) is 0 Å². The average Bonchev–Trinajstić information content (AvgIpc) is 2.28. The molecule has 1 aliphatic carbocycles. The maximum atomic E-state index is 12.9. The maximum absolute atomic E-state index is 12.9. The Morgan fingerprint density at radius 3 is 2.73 bits per heavy atom. The molecule has 0 amide bonds. The predicted molar refractivity (Wildman–Crippen MR) is 43.3 cm³/mol. The Hall–Kier alpha value is -0.110. The molecule has 1 atom stereocenters. The summed E-state index contributed by atoms with van der Waals surface area (Å²) >= 11 is 0. The summed E-state index contributed by atoms with van der Waals surface area (Å²) in [5, 5.41) is 0. The Morgan fingerprint density at radius 2 is 2.27 bits per heavy atom. The molecule has 1 saturated carbocycles. The van der Waals surface area contributed by atoms with E-state index in [9.17, 15) is 4.39 Å². The van der Waals surface area contributed by atoms with Gasteiger partial charge in [0.2, 0.25) is 0 Å². The van der Waals surface area contributed by atoms with Crippen LogP contribution >= 0.6 is 0 Å². The second-order valence-electron chi connectivity index (χ2n) is 4.14. The normalized spacial score (nSPS) is 36.0. The van der Waals surface area contributed by atoms with Gasteiger partial charge in [0.05, 0.1) is 0 Å². The zero-order valence-corrected chi connectivity index (χ0v) is 7.15. The first-order valence-corrected chi connectivity index (χ1v) is 4.60. The van der Waals surface area contributed by atoms with Crippen molar-refractivity contribution in [2.24, 2.45) is 5.41 Å². The molecule has 0 bridgehead atoms. The van der Waals surface area contributed by atoms with Gasteiger partial charge in [-0.05, 0) is 31.2 Å². The third-order valence-corrected chi connectivity index (χ3v) is 3.21. The Labute approximate surface area is 67.6 Å². The second-order valence-corrected chi connectivity index (χ2v) is 4.14. The van der Waals surface area contributed by atoms with Crippen molar-refractivity contribution in [2.45, 2.75) is 32.4 Å². The molecule has 0 N–H and O–H groups in total. The molecule has 1 aliphatic heterocycles. The molecule has 0 aromatic rings. The summed E-state index contributed by atoms with van der Waals surface area (Å²) in [6.45, 7) is 5.63. The summed E-state index contributed by atoms with van der Waals surface area (Å²) < 4.78 is 12.9. The van der Waals surface area contributed by atoms with Crippen LogP contribution in [0.5, 0.6) is 0 Å². The van der Waals surface area contributed by atoms with Crippen molar-refractivity contribution in [2.75, 3.05) is 19.6 Å². The van der Waals surface area contributed by atoms with Gasteiger partial charge in [0.15, 0.2) is 0 Å². The van der Waals surface area contributed by atoms with Crippen LogP contribution < -0.4 is 0 Å². The molecule has 0 aromatic heterocycles. The van der Waals surface area contributed by atoms with Crippen LogP contribution in [0.1, 0.15) is 26.2 Å². The van der Waals surface area contributed by atoms with Gasteiger partial charge in [-0.2, -0.15) is 0 Å². The van der Waals surface area contributed by atoms with E-state index in [2.05, 4.69) is 11.8 Å². The molecule has 1 heterocycles. The van der Waals surface area contributed by atoms with E-state index in [-0.39, 0.29) is 0 Å². The first-order valence-electron chi connectivity index (χ1n) is 4.60. The van der Waals surface area contributed by atoms with Gasteiger partial charge in [-0.15, -0.1) is 0 Å². The van der Waals surface area contributed by atoms with E-state index in [0.717, 1.165) is 38.9 Å². The van der Waals surface area contributed by atoms with Gasteiger partial charge in [-0.3, -0.25) is 0 Å². The van der Waals surface area contributed by atoms with Crippen LogP contribution in [0, 0.1) is 5.41 Å². The van der Waals surface area contributed by atoms with Gasteiger partial charge in [0.25, 0.3) is 0 Å². The Balaban J connectivity index is 1.87. The number of hydrogen-bond acceptors (Lipinski definition) is 1. The molecule has 2 heteroatoms. The van der Waals surface area contributed by atoms with E-state index in [0.29, 0.717) is 5.41 Å². The van der Waals surface area contributed by atoms with E-state index in [1.807, 2.05) is 0 Å². The molecule has 0 radical (unpaired) electrons. The van der Waals surface area contributed by atoms with Crippen molar-refractivity contribution in [1.29, 1.82) is 0 Å². The lowest BCUT2D eigenvalue weighted by Crippen LogP contribution is -2.54. The monoisotopic (exact) mass is 157 g/mol. The zero-order valence-electron chi connectivity index (χ0n) is 7.15. The minimum Gasteiger partial charge on any atom is -0.302 e. The number of rotatable bonds is 1. The molecule has 1 unspecified atom stereocenters. The summed E-state index contributed by atoms with van der Waals surface area (Å²) in [5.41, 5.74) is 0.412. The summed E-state index contributed by atoms with van der Waals surface area (Å²) in [6, 6.07) is 0. The van der Waals surface area contributed by atoms with Crippen molar-refractivity contribution in [3.05, 3.63) is 0 Å². The molecule has 64 valence electrons. The smallest absolute Gasteiger partial charge is 0.101 e. The van der Waals surface area contributed by atoms with Crippen LogP contribution in [0.4, 0.5) is 4.39 Å². The number of likely N-dealkylation sites (tertiary alicyclic amines) is 1. The first kappa shape index (κ1) is 7.53. The summed E-state index contributed by atoms with van der Waals surface area (Å²) in [6.07, 6.45) is 2.29. The molecular weight excluding hydrogens is 141 g/mol. The third kappa shape index (κ3) is 1.18. The fraction of sp³-hybridized carbons (Fsp3) is 1.00. The molecule has 2 aliphatic rings. The summed E-state index contributed by atoms with van der Waals surface area (Å²) in [5.74, 6) is 0. The predicted octanol–water partition coefficient (Wildman–Crippen LogP) is 1.83. The maximum Gasteiger partial charge on any atom is 0.101 e. The molecule has 1 saturated heterocycles. The van der Waals surface area contributed by atoms with Crippen LogP contribution in [-0.4, -0.2) is 30.7 Å². The minimum atomic E-state index is -0.492. The Kier molecular flexibility index (Phi) is 1.67. The Morgan fingerprint density at radius 1 is 1.55 bits per heavy atom. The molecule has 11 heavy (non-hydrogen) atoms. The Bertz CT molecular complexity index is 152. The molecule has 2 fully saturated rings. The largest absolute Gasteiger partial charge is 0.302 e. The lowest BCUT2D eigenvalue weighted by molar-refractivity contribution is 0.00592. The topological polar surface area (TPSA) is 3.24 Å². The summed E-state index contributed by atoms with van der Waals surface area (Å²) in [4.78, 5) is 2.40. The molecule has 0 aromatic carbocycles. The highest BCUT2D eigenvalue weighted by Crippen LogP contribution is 2.46. The van der Waals surface area contributed by atoms with Gasteiger partial charge < -0.3 is 4.90 Å². The van der Waals surface area contributed by atoms with Gasteiger partial charge in [-0.1, -0.05) is 6.92 Å². The van der Waals surface area contributed by atoms with Gasteiger partial charge in [-0.25, -0.2) is 4.39 Å². The fourth-order valence-electron chi connectivity index (χ4n) is 2.55. The van der Waals surface area contributed by atoms with Crippen LogP contribution in [0.3, 0.4) is 0 Å². The highest BCUT2D eigenvalue weighted by atomic mass is 19.1. The van der Waals surface area contributed by atoms with Gasteiger partial charge >= 0.3 is 0 Å². The fourth-order valence-corrected chi connectivity index (χ4v) is 2.55. The van der Waals surface area contributed by atoms with Gasteiger partial charge in [0, 0.05) is 13.1 Å². The number of nitrogens with zero attached hydrogens (tertiary/aromatic N) is 1. The lowest BCUT2D eigenvalue weighted by atomic mass is 9.78. The average molecular weight is 157 g/mol. The molecular formula is C9H16FN. The molecule has 1 nitrogen and oxygen atoms in total. The molecule has 2 rings (SSSR count). The van der Waals surface area contributed by atoms with Crippen molar-refractivity contribution < 1.29 is 4.39 Å². The standard InChI is InChI=1S/C9H16FN/c1-2-11-6-9(7-11)4-3-8(10)5-9/h8H,2-7H2,1H3. The van der Waals surface area contributed by atoms with Crippen LogP contribution in [0.15, 0.2) is 0 Å². The second kappa shape index (κ2) is 2.44. The van der Waals surface area contributed by atoms with Crippen molar-refractivity contribution in [3.63, 3.8) is 0 Å². The van der Waals surface area contributed by atoms with Crippen molar-refractivity contribution in [1.82, 2.24) is 4.90 Å². The van der Waals surface area contributed by atoms with E-state index in [4.69, 9.17) is 0 Å². The van der Waals surface area contributed by atoms with E-state index in [1.54, 1.807) is 0 Å². The van der Waals surface area contributed by atoms with Crippen molar-refractivity contribution >= 4 is 0 Å². The van der Waals surface area contributed by atoms with E-state index >= 15 is 0 Å². The first-order chi connectivity index (χ1) is 5.24. The number of halogens is 1. The quantitative estimate of drug-likeness (QED) is 0.561. The summed E-state index contributed by atoms with van der Waals surface area (Å²) in [7, 11) is 0. The van der Waals surface area contributed by atoms with Gasteiger partial charge in [0.1, 0.15) is 6.17 Å². The minimum absolute atomic E-state index is 0.412. The van der Waals surface area contributed by atoms with Crippen LogP contribution in [-0.2, 0) is 0 Å². The number of alkyl halides is 1. The number of hydrogen-bond donors (Lipinski definition) is 0. The highest BCUT2D eigenvalue weighted by molar-refractivity contribution is 5.00. The van der Waals surface area contributed by atoms with Crippen LogP contribution in [0.2, 0.25) is 0 Å². The van der Waals surface area contributed by atoms with E-state index in [1.165, 1.54) is 0 Å². The molecule has 1 spiro atoms. The SMILES string of the molecule is CCN1CC2(CCC(F)C2)C1. The lowest BCUT2D eigenvalue weighted by Gasteiger charge is -2.48. The third-order valence-electron chi connectivity index (χ3n) is 3.21.